The highest BCUT2D eigenvalue weighted by molar-refractivity contribution is 5.95. The Morgan fingerprint density at radius 3 is 2.11 bits per heavy atom. The lowest BCUT2D eigenvalue weighted by Gasteiger charge is -2.19. The van der Waals surface area contributed by atoms with Crippen LogP contribution in [0.5, 0.6) is 11.5 Å². The average molecular weight is 384 g/mol. The van der Waals surface area contributed by atoms with E-state index in [0.717, 1.165) is 11.1 Å². The number of rotatable bonds is 6. The Hall–Kier alpha value is -3.02. The molecule has 0 fully saturated rings. The maximum atomic E-state index is 12.2. The molecule has 0 aliphatic carbocycles. The van der Waals surface area contributed by atoms with E-state index < -0.39 is 0 Å². The molecule has 0 unspecified atom stereocenters. The zero-order chi connectivity index (χ0) is 20.7. The van der Waals surface area contributed by atoms with Crippen LogP contribution in [0.25, 0.3) is 0 Å². The van der Waals surface area contributed by atoms with Gasteiger partial charge < -0.3 is 9.47 Å². The Morgan fingerprint density at radius 1 is 0.893 bits per heavy atom. The zero-order valence-corrected chi connectivity index (χ0v) is 17.1. The van der Waals surface area contributed by atoms with Gasteiger partial charge in [-0.1, -0.05) is 39.0 Å². The summed E-state index contributed by atoms with van der Waals surface area (Å²) in [5.74, 6) is 0.641. The molecule has 0 bridgehead atoms. The molecule has 0 aliphatic rings. The number of amides is 2. The molecule has 0 saturated heterocycles. The minimum Gasteiger partial charge on any atom is -0.493 e. The molecular formula is C22H28N2O4. The van der Waals surface area contributed by atoms with Crippen LogP contribution in [0.2, 0.25) is 0 Å². The lowest BCUT2D eigenvalue weighted by Crippen LogP contribution is -2.41. The number of carbonyl (C=O) groups is 2. The van der Waals surface area contributed by atoms with E-state index in [1.807, 2.05) is 24.3 Å². The number of hydrazine groups is 1. The van der Waals surface area contributed by atoms with Gasteiger partial charge in [0.05, 0.1) is 14.2 Å². The van der Waals surface area contributed by atoms with Gasteiger partial charge in [-0.05, 0) is 47.2 Å². The number of hydrogen-bond acceptors (Lipinski definition) is 4. The summed E-state index contributed by atoms with van der Waals surface area (Å²) in [6, 6.07) is 12.9. The molecule has 0 radical (unpaired) electrons. The van der Waals surface area contributed by atoms with Crippen molar-refractivity contribution in [1.29, 1.82) is 0 Å². The summed E-state index contributed by atoms with van der Waals surface area (Å²) in [7, 11) is 3.14. The highest BCUT2D eigenvalue weighted by Gasteiger charge is 2.14. The fourth-order valence-electron chi connectivity index (χ4n) is 2.68. The van der Waals surface area contributed by atoms with Crippen molar-refractivity contribution in [3.63, 3.8) is 0 Å². The molecule has 28 heavy (non-hydrogen) atoms. The van der Waals surface area contributed by atoms with Crippen molar-refractivity contribution in [2.75, 3.05) is 14.2 Å². The molecule has 0 aromatic heterocycles. The molecule has 6 nitrogen and oxygen atoms in total. The molecule has 0 saturated carbocycles. The number of methoxy groups -OCH3 is 2. The molecule has 2 N–H and O–H groups in total. The molecule has 0 aliphatic heterocycles. The van der Waals surface area contributed by atoms with Crippen LogP contribution in [0, 0.1) is 0 Å². The molecule has 150 valence electrons. The van der Waals surface area contributed by atoms with E-state index in [9.17, 15) is 9.59 Å². The van der Waals surface area contributed by atoms with Gasteiger partial charge in [0.1, 0.15) is 0 Å². The molecular weight excluding hydrogens is 356 g/mol. The summed E-state index contributed by atoms with van der Waals surface area (Å²) in [6.07, 6.45) is 0.751. The predicted molar refractivity (Wildman–Crippen MR) is 109 cm³/mol. The molecule has 0 spiro atoms. The maximum absolute atomic E-state index is 12.2. The minimum atomic E-state index is -0.347. The van der Waals surface area contributed by atoms with Crippen molar-refractivity contribution >= 4 is 11.8 Å². The van der Waals surface area contributed by atoms with E-state index in [1.165, 1.54) is 0 Å². The number of hydrogen-bond donors (Lipinski definition) is 2. The van der Waals surface area contributed by atoms with Gasteiger partial charge in [-0.25, -0.2) is 0 Å². The van der Waals surface area contributed by atoms with Gasteiger partial charge in [0.15, 0.2) is 11.5 Å². The van der Waals surface area contributed by atoms with Gasteiger partial charge in [-0.2, -0.15) is 0 Å². The van der Waals surface area contributed by atoms with Crippen LogP contribution in [0.4, 0.5) is 0 Å². The second-order valence-corrected chi connectivity index (χ2v) is 7.52. The van der Waals surface area contributed by atoms with Crippen LogP contribution in [0.1, 0.15) is 48.7 Å². The molecule has 2 aromatic carbocycles. The van der Waals surface area contributed by atoms with Crippen LogP contribution in [-0.4, -0.2) is 26.0 Å². The van der Waals surface area contributed by atoms with Gasteiger partial charge in [0.25, 0.3) is 5.91 Å². The number of ether oxygens (including phenoxy) is 2. The summed E-state index contributed by atoms with van der Waals surface area (Å²) in [5.41, 5.74) is 7.50. The lowest BCUT2D eigenvalue weighted by molar-refractivity contribution is -0.121. The van der Waals surface area contributed by atoms with Crippen molar-refractivity contribution in [1.82, 2.24) is 10.9 Å². The van der Waals surface area contributed by atoms with E-state index in [1.54, 1.807) is 32.4 Å². The fraction of sp³-hybridized carbons (Fsp3) is 0.364. The van der Waals surface area contributed by atoms with Crippen LogP contribution in [-0.2, 0) is 16.6 Å². The number of aryl methyl sites for hydroxylation is 1. The monoisotopic (exact) mass is 384 g/mol. The second-order valence-electron chi connectivity index (χ2n) is 7.52. The van der Waals surface area contributed by atoms with E-state index in [-0.39, 0.29) is 23.7 Å². The summed E-state index contributed by atoms with van der Waals surface area (Å²) in [4.78, 5) is 24.2. The largest absolute Gasteiger partial charge is 0.493 e. The summed E-state index contributed by atoms with van der Waals surface area (Å²) in [5, 5.41) is 0. The standard InChI is InChI=1S/C22H28N2O4/c1-22(2,3)17-10-8-16(9-11-17)21(26)24-23-20(25)13-7-15-6-12-18(27-4)19(14-15)28-5/h6,8-12,14H,7,13H2,1-5H3,(H,23,25)(H,24,26). The quantitative estimate of drug-likeness (QED) is 0.749. The minimum absolute atomic E-state index is 0.0212. The zero-order valence-electron chi connectivity index (χ0n) is 17.1. The summed E-state index contributed by atoms with van der Waals surface area (Å²) >= 11 is 0. The van der Waals surface area contributed by atoms with Gasteiger partial charge in [0.2, 0.25) is 5.91 Å². The van der Waals surface area contributed by atoms with E-state index in [0.29, 0.717) is 23.5 Å². The molecule has 2 rings (SSSR count). The van der Waals surface area contributed by atoms with Crippen LogP contribution >= 0.6 is 0 Å². The van der Waals surface area contributed by atoms with Gasteiger partial charge >= 0.3 is 0 Å². The van der Waals surface area contributed by atoms with Crippen molar-refractivity contribution in [3.8, 4) is 11.5 Å². The topological polar surface area (TPSA) is 76.7 Å². The third kappa shape index (κ3) is 5.74. The Labute approximate surface area is 166 Å². The second kappa shape index (κ2) is 9.26. The number of carbonyl (C=O) groups excluding carboxylic acids is 2. The normalized spacial score (nSPS) is 10.9. The maximum Gasteiger partial charge on any atom is 0.269 e. The van der Waals surface area contributed by atoms with Crippen molar-refractivity contribution in [2.45, 2.75) is 39.0 Å². The molecule has 0 atom stereocenters. The molecule has 0 heterocycles. The first-order valence-electron chi connectivity index (χ1n) is 9.15. The van der Waals surface area contributed by atoms with Crippen LogP contribution in [0.15, 0.2) is 42.5 Å². The van der Waals surface area contributed by atoms with E-state index in [2.05, 4.69) is 31.6 Å². The Bertz CT molecular complexity index is 823. The Morgan fingerprint density at radius 2 is 1.54 bits per heavy atom. The van der Waals surface area contributed by atoms with Gasteiger partial charge in [-0.3, -0.25) is 20.4 Å². The van der Waals surface area contributed by atoms with Crippen LogP contribution in [0.3, 0.4) is 0 Å². The predicted octanol–water partition coefficient (Wildman–Crippen LogP) is 3.40. The molecule has 2 aromatic rings. The Kier molecular flexibility index (Phi) is 7.04. The van der Waals surface area contributed by atoms with Crippen molar-refractivity contribution < 1.29 is 19.1 Å². The van der Waals surface area contributed by atoms with Gasteiger partial charge in [-0.15, -0.1) is 0 Å². The fourth-order valence-corrected chi connectivity index (χ4v) is 2.68. The first-order chi connectivity index (χ1) is 13.2. The summed E-state index contributed by atoms with van der Waals surface area (Å²) in [6.45, 7) is 6.34. The van der Waals surface area contributed by atoms with E-state index >= 15 is 0 Å². The van der Waals surface area contributed by atoms with Crippen LogP contribution < -0.4 is 20.3 Å². The number of nitrogens with one attached hydrogen (secondary N) is 2. The average Bonchev–Trinajstić information content (AvgIpc) is 2.69. The first-order valence-corrected chi connectivity index (χ1v) is 9.15. The van der Waals surface area contributed by atoms with Gasteiger partial charge in [0, 0.05) is 12.0 Å². The smallest absolute Gasteiger partial charge is 0.269 e. The molecule has 6 heteroatoms. The van der Waals surface area contributed by atoms with E-state index in [4.69, 9.17) is 9.47 Å². The number of benzene rings is 2. The highest BCUT2D eigenvalue weighted by Crippen LogP contribution is 2.28. The summed E-state index contributed by atoms with van der Waals surface area (Å²) < 4.78 is 10.5. The molecule has 2 amide bonds. The third-order valence-electron chi connectivity index (χ3n) is 4.42. The van der Waals surface area contributed by atoms with Crippen molar-refractivity contribution in [3.05, 3.63) is 59.2 Å². The first kappa shape index (κ1) is 21.3. The highest BCUT2D eigenvalue weighted by atomic mass is 16.5. The third-order valence-corrected chi connectivity index (χ3v) is 4.42. The lowest BCUT2D eigenvalue weighted by atomic mass is 9.87. The van der Waals surface area contributed by atoms with Crippen molar-refractivity contribution in [2.24, 2.45) is 0 Å². The Balaban J connectivity index is 1.84. The SMILES string of the molecule is COc1ccc(CCC(=O)NNC(=O)c2ccc(C(C)(C)C)cc2)cc1OC.